The molecule has 4 rings (SSSR count). The van der Waals surface area contributed by atoms with Gasteiger partial charge < -0.3 is 14.6 Å². The van der Waals surface area contributed by atoms with Gasteiger partial charge in [-0.3, -0.25) is 0 Å². The Hall–Kier alpha value is -3.82. The minimum absolute atomic E-state index is 0.0175. The van der Waals surface area contributed by atoms with Crippen molar-refractivity contribution < 1.29 is 31.4 Å². The monoisotopic (exact) mass is 524 g/mol. The number of hydrogen-bond acceptors (Lipinski definition) is 7. The molecule has 0 bridgehead atoms. The molecule has 0 aliphatic carbocycles. The Balaban J connectivity index is 1.72. The minimum Gasteiger partial charge on any atom is -0.508 e. The van der Waals surface area contributed by atoms with Crippen molar-refractivity contribution in [3.63, 3.8) is 0 Å². The number of phenolic OH excluding ortho intramolecular Hbond substituents is 1. The second-order valence-corrected chi connectivity index (χ2v) is 11.7. The van der Waals surface area contributed by atoms with Crippen LogP contribution in [0, 0.1) is 0 Å². The fourth-order valence-corrected chi connectivity index (χ4v) is 6.10. The zero-order valence-electron chi connectivity index (χ0n) is 19.4. The van der Waals surface area contributed by atoms with Crippen LogP contribution in [-0.2, 0) is 19.7 Å². The van der Waals surface area contributed by atoms with Crippen LogP contribution in [0.5, 0.6) is 23.0 Å². The topological polar surface area (TPSA) is 107 Å². The molecule has 0 aliphatic heterocycles. The molecule has 4 aromatic rings. The number of hydrogen-bond donors (Lipinski definition) is 1. The lowest BCUT2D eigenvalue weighted by molar-refractivity contribution is 0.299. The molecule has 1 N–H and O–H groups in total. The van der Waals surface area contributed by atoms with Crippen LogP contribution in [0.2, 0.25) is 0 Å². The maximum atomic E-state index is 13.4. The van der Waals surface area contributed by atoms with Crippen LogP contribution >= 0.6 is 0 Å². The second-order valence-electron chi connectivity index (χ2n) is 7.82. The van der Waals surface area contributed by atoms with E-state index < -0.39 is 19.7 Å². The zero-order chi connectivity index (χ0) is 25.8. The Kier molecular flexibility index (Phi) is 7.32. The zero-order valence-corrected chi connectivity index (χ0v) is 21.0. The van der Waals surface area contributed by atoms with Crippen LogP contribution in [0.4, 0.5) is 0 Å². The maximum Gasteiger partial charge on any atom is 0.210 e. The molecule has 9 heteroatoms. The smallest absolute Gasteiger partial charge is 0.210 e. The van der Waals surface area contributed by atoms with E-state index in [1.807, 2.05) is 6.92 Å². The molecule has 0 atom stereocenters. The average molecular weight is 525 g/mol. The van der Waals surface area contributed by atoms with Gasteiger partial charge in [-0.15, -0.1) is 0 Å². The second kappa shape index (κ2) is 10.4. The normalized spacial score (nSPS) is 11.7. The van der Waals surface area contributed by atoms with E-state index in [2.05, 4.69) is 0 Å². The van der Waals surface area contributed by atoms with Crippen molar-refractivity contribution in [3.8, 4) is 23.0 Å². The first-order valence-corrected chi connectivity index (χ1v) is 14.1. The van der Waals surface area contributed by atoms with Gasteiger partial charge in [0.2, 0.25) is 19.7 Å². The lowest BCUT2D eigenvalue weighted by Gasteiger charge is -2.16. The molecule has 0 radical (unpaired) electrons. The molecule has 0 spiro atoms. The molecule has 0 saturated carbocycles. The summed E-state index contributed by atoms with van der Waals surface area (Å²) in [5.41, 5.74) is 0. The van der Waals surface area contributed by atoms with Gasteiger partial charge in [0.1, 0.15) is 16.4 Å². The molecular weight excluding hydrogens is 500 g/mol. The highest BCUT2D eigenvalue weighted by atomic mass is 32.2. The summed E-state index contributed by atoms with van der Waals surface area (Å²) >= 11 is 0. The summed E-state index contributed by atoms with van der Waals surface area (Å²) in [5.74, 6) is 0.471. The van der Waals surface area contributed by atoms with Gasteiger partial charge in [0.25, 0.3) is 0 Å². The molecule has 0 amide bonds. The summed E-state index contributed by atoms with van der Waals surface area (Å²) in [5, 5.41) is 9.43. The SMILES string of the molecule is CCCOc1cccc(S(=O)(=O)c2ccccc2)c1Oc1ccc(S(=O)(=O)c2ccc(O)cc2)cc1. The van der Waals surface area contributed by atoms with E-state index in [9.17, 15) is 21.9 Å². The van der Waals surface area contributed by atoms with Crippen LogP contribution < -0.4 is 9.47 Å². The summed E-state index contributed by atoms with van der Waals surface area (Å²) in [4.78, 5) is 0.0950. The summed E-state index contributed by atoms with van der Waals surface area (Å²) in [7, 11) is -7.75. The highest BCUT2D eigenvalue weighted by Gasteiger charge is 2.26. The number of aromatic hydroxyl groups is 1. The van der Waals surface area contributed by atoms with Gasteiger partial charge in [0.15, 0.2) is 11.5 Å². The van der Waals surface area contributed by atoms with Crippen molar-refractivity contribution in [2.24, 2.45) is 0 Å². The average Bonchev–Trinajstić information content (AvgIpc) is 2.89. The number of phenols is 1. The van der Waals surface area contributed by atoms with Gasteiger partial charge in [-0.2, -0.15) is 0 Å². The van der Waals surface area contributed by atoms with Gasteiger partial charge >= 0.3 is 0 Å². The molecule has 0 saturated heterocycles. The molecule has 0 aliphatic rings. The van der Waals surface area contributed by atoms with Crippen molar-refractivity contribution in [1.82, 2.24) is 0 Å². The summed E-state index contributed by atoms with van der Waals surface area (Å²) in [6.07, 6.45) is 0.707. The Bertz CT molecular complexity index is 1550. The maximum absolute atomic E-state index is 13.4. The molecule has 36 heavy (non-hydrogen) atoms. The van der Waals surface area contributed by atoms with Crippen LogP contribution in [0.25, 0.3) is 0 Å². The van der Waals surface area contributed by atoms with E-state index in [1.54, 1.807) is 30.3 Å². The lowest BCUT2D eigenvalue weighted by atomic mass is 10.3. The third-order valence-electron chi connectivity index (χ3n) is 5.25. The van der Waals surface area contributed by atoms with Gasteiger partial charge in [-0.05, 0) is 79.2 Å². The molecule has 0 fully saturated rings. The highest BCUT2D eigenvalue weighted by Crippen LogP contribution is 2.40. The third-order valence-corrected chi connectivity index (χ3v) is 8.83. The number of sulfone groups is 2. The van der Waals surface area contributed by atoms with Crippen LogP contribution in [0.3, 0.4) is 0 Å². The van der Waals surface area contributed by atoms with Crippen LogP contribution in [-0.4, -0.2) is 28.5 Å². The van der Waals surface area contributed by atoms with Crippen molar-refractivity contribution in [1.29, 1.82) is 0 Å². The molecule has 0 aromatic heterocycles. The predicted molar refractivity (Wildman–Crippen MR) is 134 cm³/mol. The van der Waals surface area contributed by atoms with Crippen molar-refractivity contribution in [2.75, 3.05) is 6.61 Å². The number of rotatable bonds is 9. The first kappa shape index (κ1) is 25.3. The molecular formula is C27H24O7S2. The fourth-order valence-electron chi connectivity index (χ4n) is 3.43. The lowest BCUT2D eigenvalue weighted by Crippen LogP contribution is -2.06. The molecule has 7 nitrogen and oxygen atoms in total. The van der Waals surface area contributed by atoms with Crippen molar-refractivity contribution >= 4 is 19.7 Å². The Morgan fingerprint density at radius 1 is 0.667 bits per heavy atom. The largest absolute Gasteiger partial charge is 0.508 e. The van der Waals surface area contributed by atoms with Crippen LogP contribution in [0.15, 0.2) is 117 Å². The van der Waals surface area contributed by atoms with E-state index in [0.717, 1.165) is 0 Å². The van der Waals surface area contributed by atoms with Crippen molar-refractivity contribution in [3.05, 3.63) is 97.1 Å². The Labute approximate surface area is 210 Å². The minimum atomic E-state index is -3.93. The summed E-state index contributed by atoms with van der Waals surface area (Å²) < 4.78 is 64.4. The van der Waals surface area contributed by atoms with Gasteiger partial charge in [0.05, 0.1) is 21.3 Å². The molecule has 0 unspecified atom stereocenters. The van der Waals surface area contributed by atoms with E-state index in [1.165, 1.54) is 66.7 Å². The van der Waals surface area contributed by atoms with Gasteiger partial charge in [-0.1, -0.05) is 31.2 Å². The van der Waals surface area contributed by atoms with E-state index >= 15 is 0 Å². The quantitative estimate of drug-likeness (QED) is 0.302. The molecule has 0 heterocycles. The molecule has 186 valence electrons. The van der Waals surface area contributed by atoms with Crippen LogP contribution in [0.1, 0.15) is 13.3 Å². The first-order chi connectivity index (χ1) is 17.2. The number of benzene rings is 4. The Morgan fingerprint density at radius 3 is 1.86 bits per heavy atom. The number of ether oxygens (including phenoxy) is 2. The highest BCUT2D eigenvalue weighted by molar-refractivity contribution is 7.91. The van der Waals surface area contributed by atoms with E-state index in [-0.39, 0.29) is 42.6 Å². The van der Waals surface area contributed by atoms with Gasteiger partial charge in [-0.25, -0.2) is 16.8 Å². The van der Waals surface area contributed by atoms with Gasteiger partial charge in [0, 0.05) is 0 Å². The molecule has 4 aromatic carbocycles. The van der Waals surface area contributed by atoms with E-state index in [0.29, 0.717) is 13.0 Å². The number of para-hydroxylation sites is 1. The standard InChI is InChI=1S/C27H24O7S2/c1-2-19-33-25-9-6-10-26(36(31,32)22-7-4-3-5-8-22)27(25)34-21-13-17-24(18-14-21)35(29,30)23-15-11-20(28)12-16-23/h3-18,28H,2,19H2,1H3. The van der Waals surface area contributed by atoms with Crippen molar-refractivity contribution in [2.45, 2.75) is 32.9 Å². The first-order valence-electron chi connectivity index (χ1n) is 11.1. The fraction of sp³-hybridized carbons (Fsp3) is 0.111. The van der Waals surface area contributed by atoms with E-state index in [4.69, 9.17) is 9.47 Å². The predicted octanol–water partition coefficient (Wildman–Crippen LogP) is 5.64. The summed E-state index contributed by atoms with van der Waals surface area (Å²) in [6, 6.07) is 23.5. The Morgan fingerprint density at radius 2 is 1.25 bits per heavy atom. The third kappa shape index (κ3) is 5.22. The summed E-state index contributed by atoms with van der Waals surface area (Å²) in [6.45, 7) is 2.29.